The average Bonchev–Trinajstić information content (AvgIpc) is 3.03. The normalized spacial score (nSPS) is 10.5. The number of aromatic nitrogens is 2. The fourth-order valence-electron chi connectivity index (χ4n) is 2.37. The van der Waals surface area contributed by atoms with Crippen LogP contribution in [-0.4, -0.2) is 21.9 Å². The SMILES string of the molecule is CN(Cc1nc2ccsc2c(=O)[nH]1)c1ccc([N+](=O)[O-])cc1C#N. The first kappa shape index (κ1) is 15.6. The molecule has 0 aliphatic rings. The zero-order chi connectivity index (χ0) is 17.3. The molecule has 0 bridgehead atoms. The molecule has 3 rings (SSSR count). The van der Waals surface area contributed by atoms with Gasteiger partial charge in [0.1, 0.15) is 16.6 Å². The van der Waals surface area contributed by atoms with Gasteiger partial charge in [0, 0.05) is 19.2 Å². The molecule has 8 nitrogen and oxygen atoms in total. The van der Waals surface area contributed by atoms with Gasteiger partial charge in [-0.05, 0) is 17.5 Å². The lowest BCUT2D eigenvalue weighted by Gasteiger charge is -2.19. The van der Waals surface area contributed by atoms with Crippen LogP contribution in [0.2, 0.25) is 0 Å². The fraction of sp³-hybridized carbons (Fsp3) is 0.133. The first-order chi connectivity index (χ1) is 11.5. The van der Waals surface area contributed by atoms with Gasteiger partial charge in [-0.2, -0.15) is 5.26 Å². The van der Waals surface area contributed by atoms with Crippen LogP contribution in [0.15, 0.2) is 34.4 Å². The van der Waals surface area contributed by atoms with Crippen molar-refractivity contribution >= 4 is 32.9 Å². The predicted octanol–water partition coefficient (Wildman–Crippen LogP) is 2.40. The number of fused-ring (bicyclic) bond motifs is 1. The molecule has 0 saturated heterocycles. The zero-order valence-electron chi connectivity index (χ0n) is 12.5. The van der Waals surface area contributed by atoms with E-state index < -0.39 is 4.92 Å². The summed E-state index contributed by atoms with van der Waals surface area (Å²) in [6.45, 7) is 0.257. The first-order valence-corrected chi connectivity index (χ1v) is 7.73. The Labute approximate surface area is 139 Å². The van der Waals surface area contributed by atoms with E-state index in [1.807, 2.05) is 6.07 Å². The lowest BCUT2D eigenvalue weighted by atomic mass is 10.1. The summed E-state index contributed by atoms with van der Waals surface area (Å²) >= 11 is 1.32. The summed E-state index contributed by atoms with van der Waals surface area (Å²) in [7, 11) is 1.72. The molecule has 0 fully saturated rings. The van der Waals surface area contributed by atoms with Crippen molar-refractivity contribution < 1.29 is 4.92 Å². The number of nitriles is 1. The van der Waals surface area contributed by atoms with Crippen LogP contribution in [0.1, 0.15) is 11.4 Å². The zero-order valence-corrected chi connectivity index (χ0v) is 13.3. The quantitative estimate of drug-likeness (QED) is 0.575. The van der Waals surface area contributed by atoms with Crippen molar-refractivity contribution in [2.24, 2.45) is 0 Å². The van der Waals surface area contributed by atoms with Crippen molar-refractivity contribution in [1.82, 2.24) is 9.97 Å². The summed E-state index contributed by atoms with van der Waals surface area (Å²) in [6.07, 6.45) is 0. The predicted molar refractivity (Wildman–Crippen MR) is 90.2 cm³/mol. The van der Waals surface area contributed by atoms with Crippen molar-refractivity contribution in [2.45, 2.75) is 6.54 Å². The van der Waals surface area contributed by atoms with E-state index in [1.165, 1.54) is 29.5 Å². The molecule has 2 aromatic heterocycles. The number of nitro benzene ring substituents is 1. The van der Waals surface area contributed by atoms with E-state index in [4.69, 9.17) is 0 Å². The van der Waals surface area contributed by atoms with E-state index in [9.17, 15) is 20.2 Å². The van der Waals surface area contributed by atoms with Crippen molar-refractivity contribution in [3.05, 3.63) is 61.5 Å². The molecule has 24 heavy (non-hydrogen) atoms. The van der Waals surface area contributed by atoms with Crippen LogP contribution in [0, 0.1) is 21.4 Å². The Morgan fingerprint density at radius 1 is 1.46 bits per heavy atom. The summed E-state index contributed by atoms with van der Waals surface area (Å²) in [5.41, 5.74) is 0.982. The topological polar surface area (TPSA) is 116 Å². The van der Waals surface area contributed by atoms with Crippen LogP contribution < -0.4 is 10.5 Å². The maximum Gasteiger partial charge on any atom is 0.270 e. The largest absolute Gasteiger partial charge is 0.366 e. The van der Waals surface area contributed by atoms with Crippen LogP contribution in [-0.2, 0) is 6.54 Å². The van der Waals surface area contributed by atoms with E-state index >= 15 is 0 Å². The Balaban J connectivity index is 1.94. The van der Waals surface area contributed by atoms with Crippen LogP contribution in [0.25, 0.3) is 10.2 Å². The van der Waals surface area contributed by atoms with Crippen LogP contribution in [0.3, 0.4) is 0 Å². The van der Waals surface area contributed by atoms with Crippen molar-refractivity contribution in [3.63, 3.8) is 0 Å². The molecular weight excluding hydrogens is 330 g/mol. The number of hydrogen-bond acceptors (Lipinski definition) is 7. The van der Waals surface area contributed by atoms with E-state index in [-0.39, 0.29) is 23.4 Å². The van der Waals surface area contributed by atoms with E-state index in [0.29, 0.717) is 21.7 Å². The Morgan fingerprint density at radius 2 is 2.25 bits per heavy atom. The lowest BCUT2D eigenvalue weighted by molar-refractivity contribution is -0.384. The van der Waals surface area contributed by atoms with Crippen molar-refractivity contribution in [1.29, 1.82) is 5.26 Å². The lowest BCUT2D eigenvalue weighted by Crippen LogP contribution is -2.22. The van der Waals surface area contributed by atoms with Gasteiger partial charge in [-0.3, -0.25) is 14.9 Å². The second kappa shape index (κ2) is 6.10. The van der Waals surface area contributed by atoms with Crippen LogP contribution in [0.5, 0.6) is 0 Å². The minimum Gasteiger partial charge on any atom is -0.366 e. The van der Waals surface area contributed by atoms with Gasteiger partial charge in [-0.25, -0.2) is 4.98 Å². The molecule has 0 spiro atoms. The number of aromatic amines is 1. The number of H-pyrrole nitrogens is 1. The van der Waals surface area contributed by atoms with Gasteiger partial charge in [0.25, 0.3) is 11.2 Å². The number of rotatable bonds is 4. The first-order valence-electron chi connectivity index (χ1n) is 6.85. The Bertz CT molecular complexity index is 1030. The standard InChI is InChI=1S/C15H11N5O3S/c1-19(12-3-2-10(20(22)23)6-9(12)7-16)8-13-17-11-4-5-24-14(11)15(21)18-13/h2-6H,8H2,1H3,(H,17,18,21). The van der Waals surface area contributed by atoms with Crippen LogP contribution >= 0.6 is 11.3 Å². The fourth-order valence-corrected chi connectivity index (χ4v) is 3.09. The molecule has 1 N–H and O–H groups in total. The number of thiophene rings is 1. The minimum absolute atomic E-state index is 0.144. The molecule has 9 heteroatoms. The summed E-state index contributed by atoms with van der Waals surface area (Å²) in [5, 5.41) is 21.8. The molecule has 0 saturated carbocycles. The molecular formula is C15H11N5O3S. The van der Waals surface area contributed by atoms with Gasteiger partial charge in [0.2, 0.25) is 0 Å². The number of nitrogens with zero attached hydrogens (tertiary/aromatic N) is 4. The number of nitro groups is 1. The summed E-state index contributed by atoms with van der Waals surface area (Å²) in [6, 6.07) is 7.80. The van der Waals surface area contributed by atoms with Crippen molar-refractivity contribution in [2.75, 3.05) is 11.9 Å². The summed E-state index contributed by atoms with van der Waals surface area (Å²) in [4.78, 5) is 31.1. The maximum absolute atomic E-state index is 12.0. The van der Waals surface area contributed by atoms with E-state index in [1.54, 1.807) is 23.4 Å². The highest BCUT2D eigenvalue weighted by Gasteiger charge is 2.15. The molecule has 0 amide bonds. The second-order valence-electron chi connectivity index (χ2n) is 5.07. The molecule has 120 valence electrons. The molecule has 3 aromatic rings. The Kier molecular flexibility index (Phi) is 3.97. The van der Waals surface area contributed by atoms with Gasteiger partial charge in [-0.15, -0.1) is 11.3 Å². The number of benzene rings is 1. The van der Waals surface area contributed by atoms with Gasteiger partial charge < -0.3 is 9.88 Å². The third-order valence-corrected chi connectivity index (χ3v) is 4.38. The Morgan fingerprint density at radius 3 is 2.96 bits per heavy atom. The van der Waals surface area contributed by atoms with Gasteiger partial charge in [0.05, 0.1) is 28.2 Å². The summed E-state index contributed by atoms with van der Waals surface area (Å²) < 4.78 is 0.564. The molecule has 0 aliphatic carbocycles. The molecule has 1 aromatic carbocycles. The second-order valence-corrected chi connectivity index (χ2v) is 5.99. The van der Waals surface area contributed by atoms with Gasteiger partial charge in [0.15, 0.2) is 0 Å². The van der Waals surface area contributed by atoms with Crippen molar-refractivity contribution in [3.8, 4) is 6.07 Å². The third kappa shape index (κ3) is 2.82. The minimum atomic E-state index is -0.547. The number of non-ortho nitro benzene ring substituents is 1. The van der Waals surface area contributed by atoms with Crippen LogP contribution in [0.4, 0.5) is 11.4 Å². The molecule has 0 radical (unpaired) electrons. The third-order valence-electron chi connectivity index (χ3n) is 3.47. The highest BCUT2D eigenvalue weighted by Crippen LogP contribution is 2.25. The monoisotopic (exact) mass is 341 g/mol. The van der Waals surface area contributed by atoms with E-state index in [0.717, 1.165) is 0 Å². The van der Waals surface area contributed by atoms with Gasteiger partial charge >= 0.3 is 0 Å². The highest BCUT2D eigenvalue weighted by atomic mass is 32.1. The molecule has 0 unspecified atom stereocenters. The van der Waals surface area contributed by atoms with E-state index in [2.05, 4.69) is 9.97 Å². The highest BCUT2D eigenvalue weighted by molar-refractivity contribution is 7.17. The summed E-state index contributed by atoms with van der Waals surface area (Å²) in [5.74, 6) is 0.454. The van der Waals surface area contributed by atoms with Gasteiger partial charge in [-0.1, -0.05) is 0 Å². The number of hydrogen-bond donors (Lipinski definition) is 1. The molecule has 0 aliphatic heterocycles. The Hall–Kier alpha value is -3.25. The smallest absolute Gasteiger partial charge is 0.270 e. The number of nitrogens with one attached hydrogen (secondary N) is 1. The maximum atomic E-state index is 12.0. The number of anilines is 1. The average molecular weight is 341 g/mol. The molecule has 0 atom stereocenters. The molecule has 2 heterocycles.